The molecule has 2 aromatic carbocycles. The van der Waals surface area contributed by atoms with Crippen LogP contribution in [0.5, 0.6) is 0 Å². The summed E-state index contributed by atoms with van der Waals surface area (Å²) in [6.07, 6.45) is 0. The lowest BCUT2D eigenvalue weighted by atomic mass is 10.1. The molecule has 0 N–H and O–H groups in total. The fraction of sp³-hybridized carbons (Fsp3) is 0.250. The van der Waals surface area contributed by atoms with Gasteiger partial charge in [0.1, 0.15) is 0 Å². The first kappa shape index (κ1) is 22.7. The molecule has 0 aliphatic carbocycles. The SMILES string of the molecule is Cc1c(C(=O)N2CCN(C(=O)C(Cl)Cl)CC2)cc(-c2ccccc2)n1-c1ccccc1Cl. The van der Waals surface area contributed by atoms with Crippen LogP contribution < -0.4 is 0 Å². The fourth-order valence-corrected chi connectivity index (χ4v) is 4.52. The summed E-state index contributed by atoms with van der Waals surface area (Å²) in [4.78, 5) is 27.8. The summed E-state index contributed by atoms with van der Waals surface area (Å²) in [5.74, 6) is -0.404. The number of nitrogens with zero attached hydrogens (tertiary/aromatic N) is 3. The number of para-hydroxylation sites is 1. The average molecular weight is 491 g/mol. The summed E-state index contributed by atoms with van der Waals surface area (Å²) >= 11 is 17.9. The summed E-state index contributed by atoms with van der Waals surface area (Å²) < 4.78 is 2.02. The van der Waals surface area contributed by atoms with E-state index in [-0.39, 0.29) is 11.8 Å². The van der Waals surface area contributed by atoms with E-state index in [0.717, 1.165) is 22.6 Å². The Morgan fingerprint density at radius 1 is 0.875 bits per heavy atom. The van der Waals surface area contributed by atoms with Gasteiger partial charge < -0.3 is 14.4 Å². The minimum Gasteiger partial charge on any atom is -0.337 e. The monoisotopic (exact) mass is 489 g/mol. The van der Waals surface area contributed by atoms with Crippen molar-refractivity contribution in [3.63, 3.8) is 0 Å². The van der Waals surface area contributed by atoms with E-state index < -0.39 is 4.84 Å². The van der Waals surface area contributed by atoms with Crippen LogP contribution in [0.15, 0.2) is 60.7 Å². The van der Waals surface area contributed by atoms with E-state index in [4.69, 9.17) is 34.8 Å². The molecule has 0 saturated carbocycles. The third-order valence-electron chi connectivity index (χ3n) is 5.71. The topological polar surface area (TPSA) is 45.6 Å². The lowest BCUT2D eigenvalue weighted by molar-refractivity contribution is -0.130. The lowest BCUT2D eigenvalue weighted by Crippen LogP contribution is -2.51. The second kappa shape index (κ2) is 9.57. The van der Waals surface area contributed by atoms with Crippen molar-refractivity contribution in [2.24, 2.45) is 0 Å². The van der Waals surface area contributed by atoms with Crippen LogP contribution in [0.4, 0.5) is 0 Å². The summed E-state index contributed by atoms with van der Waals surface area (Å²) in [5, 5.41) is 0.603. The highest BCUT2D eigenvalue weighted by Gasteiger charge is 2.29. The van der Waals surface area contributed by atoms with Gasteiger partial charge in [0.15, 0.2) is 4.84 Å². The number of halogens is 3. The van der Waals surface area contributed by atoms with Crippen LogP contribution in [0.2, 0.25) is 5.02 Å². The van der Waals surface area contributed by atoms with E-state index in [9.17, 15) is 9.59 Å². The molecule has 0 atom stereocenters. The first-order chi connectivity index (χ1) is 15.4. The molecule has 0 radical (unpaired) electrons. The number of amides is 2. The molecule has 0 bridgehead atoms. The van der Waals surface area contributed by atoms with Gasteiger partial charge in [-0.15, -0.1) is 0 Å². The number of hydrogen-bond acceptors (Lipinski definition) is 2. The Morgan fingerprint density at radius 2 is 1.47 bits per heavy atom. The zero-order chi connectivity index (χ0) is 22.8. The third kappa shape index (κ3) is 4.38. The summed E-state index contributed by atoms with van der Waals surface area (Å²) in [6.45, 7) is 3.56. The van der Waals surface area contributed by atoms with Gasteiger partial charge in [0.05, 0.1) is 22.0 Å². The molecule has 1 saturated heterocycles. The molecule has 1 fully saturated rings. The number of rotatable bonds is 4. The number of hydrogen-bond donors (Lipinski definition) is 0. The molecule has 3 aromatic rings. The van der Waals surface area contributed by atoms with Crippen LogP contribution in [-0.2, 0) is 4.79 Å². The van der Waals surface area contributed by atoms with Crippen molar-refractivity contribution < 1.29 is 9.59 Å². The molecule has 1 aromatic heterocycles. The molecule has 8 heteroatoms. The molecule has 4 rings (SSSR count). The second-order valence-electron chi connectivity index (χ2n) is 7.60. The predicted octanol–water partition coefficient (Wildman–Crippen LogP) is 5.19. The van der Waals surface area contributed by atoms with E-state index in [1.807, 2.05) is 72.2 Å². The first-order valence-electron chi connectivity index (χ1n) is 10.3. The van der Waals surface area contributed by atoms with Crippen LogP contribution in [0.25, 0.3) is 16.9 Å². The Hall–Kier alpha value is -2.47. The molecule has 32 heavy (non-hydrogen) atoms. The van der Waals surface area contributed by atoms with Crippen LogP contribution in [-0.4, -0.2) is 57.2 Å². The number of piperazine rings is 1. The van der Waals surface area contributed by atoms with Crippen LogP contribution in [0.3, 0.4) is 0 Å². The van der Waals surface area contributed by atoms with Crippen LogP contribution in [0, 0.1) is 6.92 Å². The number of carbonyl (C=O) groups excluding carboxylic acids is 2. The first-order valence-corrected chi connectivity index (χ1v) is 11.5. The molecule has 2 heterocycles. The molecular formula is C24H22Cl3N3O2. The highest BCUT2D eigenvalue weighted by molar-refractivity contribution is 6.53. The summed E-state index contributed by atoms with van der Waals surface area (Å²) in [6, 6.07) is 19.4. The molecular weight excluding hydrogens is 469 g/mol. The standard InChI is InChI=1S/C24H22Cl3N3O2/c1-16-18(23(31)28-11-13-29(14-12-28)24(32)22(26)27)15-21(17-7-3-2-4-8-17)30(16)20-10-6-5-9-19(20)25/h2-10,15,22H,11-14H2,1H3. The van der Waals surface area contributed by atoms with Gasteiger partial charge in [-0.3, -0.25) is 9.59 Å². The number of carbonyl (C=O) groups is 2. The third-order valence-corrected chi connectivity index (χ3v) is 6.40. The molecule has 1 aliphatic heterocycles. The quantitative estimate of drug-likeness (QED) is 0.472. The molecule has 166 valence electrons. The fourth-order valence-electron chi connectivity index (χ4n) is 4.03. The molecule has 5 nitrogen and oxygen atoms in total. The number of benzene rings is 2. The van der Waals surface area contributed by atoms with Crippen LogP contribution in [0.1, 0.15) is 16.1 Å². The van der Waals surface area contributed by atoms with Crippen molar-refractivity contribution in [1.29, 1.82) is 0 Å². The van der Waals surface area contributed by atoms with E-state index in [1.165, 1.54) is 0 Å². The van der Waals surface area contributed by atoms with E-state index in [1.54, 1.807) is 9.80 Å². The highest BCUT2D eigenvalue weighted by atomic mass is 35.5. The zero-order valence-electron chi connectivity index (χ0n) is 17.5. The maximum Gasteiger partial charge on any atom is 0.255 e. The minimum atomic E-state index is -1.09. The Balaban J connectivity index is 1.69. The van der Waals surface area contributed by atoms with E-state index >= 15 is 0 Å². The van der Waals surface area contributed by atoms with Crippen molar-refractivity contribution in [2.75, 3.05) is 26.2 Å². The van der Waals surface area contributed by atoms with Crippen molar-refractivity contribution in [2.45, 2.75) is 11.8 Å². The van der Waals surface area contributed by atoms with Gasteiger partial charge in [0, 0.05) is 31.9 Å². The Labute approximate surface area is 202 Å². The zero-order valence-corrected chi connectivity index (χ0v) is 19.7. The normalized spacial score (nSPS) is 14.2. The van der Waals surface area contributed by atoms with Crippen molar-refractivity contribution in [1.82, 2.24) is 14.4 Å². The van der Waals surface area contributed by atoms with Gasteiger partial charge in [-0.25, -0.2) is 0 Å². The van der Waals surface area contributed by atoms with Crippen molar-refractivity contribution in [3.8, 4) is 16.9 Å². The Morgan fingerprint density at radius 3 is 2.09 bits per heavy atom. The Kier molecular flexibility index (Phi) is 6.79. The predicted molar refractivity (Wildman–Crippen MR) is 129 cm³/mol. The van der Waals surface area contributed by atoms with Gasteiger partial charge in [-0.1, -0.05) is 77.3 Å². The summed E-state index contributed by atoms with van der Waals surface area (Å²) in [5.41, 5.74) is 4.11. The maximum atomic E-state index is 13.5. The molecule has 0 spiro atoms. The van der Waals surface area contributed by atoms with Gasteiger partial charge >= 0.3 is 0 Å². The summed E-state index contributed by atoms with van der Waals surface area (Å²) in [7, 11) is 0. The molecule has 2 amide bonds. The Bertz CT molecular complexity index is 1140. The largest absolute Gasteiger partial charge is 0.337 e. The van der Waals surface area contributed by atoms with E-state index in [2.05, 4.69) is 0 Å². The van der Waals surface area contributed by atoms with E-state index in [0.29, 0.717) is 36.8 Å². The number of aromatic nitrogens is 1. The lowest BCUT2D eigenvalue weighted by Gasteiger charge is -2.35. The van der Waals surface area contributed by atoms with Crippen molar-refractivity contribution in [3.05, 3.63) is 76.9 Å². The smallest absolute Gasteiger partial charge is 0.255 e. The average Bonchev–Trinajstić information content (AvgIpc) is 3.16. The van der Waals surface area contributed by atoms with Gasteiger partial charge in [0.25, 0.3) is 11.8 Å². The molecule has 0 unspecified atom stereocenters. The van der Waals surface area contributed by atoms with Crippen LogP contribution >= 0.6 is 34.8 Å². The van der Waals surface area contributed by atoms with Gasteiger partial charge in [0.2, 0.25) is 0 Å². The highest BCUT2D eigenvalue weighted by Crippen LogP contribution is 2.33. The second-order valence-corrected chi connectivity index (χ2v) is 9.10. The van der Waals surface area contributed by atoms with Crippen molar-refractivity contribution >= 4 is 46.6 Å². The minimum absolute atomic E-state index is 0.0779. The van der Waals surface area contributed by atoms with Gasteiger partial charge in [-0.05, 0) is 30.7 Å². The van der Waals surface area contributed by atoms with Gasteiger partial charge in [-0.2, -0.15) is 0 Å². The molecule has 1 aliphatic rings. The maximum absolute atomic E-state index is 13.5. The number of alkyl halides is 2.